The second-order valence-corrected chi connectivity index (χ2v) is 5.30. The van der Waals surface area contributed by atoms with Crippen LogP contribution in [-0.4, -0.2) is 38.6 Å². The Morgan fingerprint density at radius 2 is 2.17 bits per heavy atom. The van der Waals surface area contributed by atoms with Crippen molar-refractivity contribution in [2.75, 3.05) is 6.61 Å². The predicted molar refractivity (Wildman–Crippen MR) is 84.5 cm³/mol. The van der Waals surface area contributed by atoms with E-state index in [9.17, 15) is 9.90 Å². The minimum absolute atomic E-state index is 0.184. The fourth-order valence-corrected chi connectivity index (χ4v) is 2.40. The van der Waals surface area contributed by atoms with E-state index < -0.39 is 0 Å². The van der Waals surface area contributed by atoms with Crippen LogP contribution >= 0.6 is 0 Å². The van der Waals surface area contributed by atoms with E-state index in [0.717, 1.165) is 44.0 Å². The smallest absolute Gasteiger partial charge is 0.174 e. The summed E-state index contributed by atoms with van der Waals surface area (Å²) < 4.78 is 5.81. The van der Waals surface area contributed by atoms with Crippen molar-refractivity contribution in [1.82, 2.24) is 20.6 Å². The lowest BCUT2D eigenvalue weighted by Crippen LogP contribution is -2.03. The molecule has 0 aliphatic heterocycles. The Kier molecular flexibility index (Phi) is 6.53. The van der Waals surface area contributed by atoms with E-state index in [1.807, 2.05) is 13.0 Å². The number of ether oxygens (including phenoxy) is 1. The van der Waals surface area contributed by atoms with E-state index in [4.69, 9.17) is 4.74 Å². The molecule has 0 aliphatic carbocycles. The van der Waals surface area contributed by atoms with Crippen LogP contribution in [0, 0.1) is 0 Å². The van der Waals surface area contributed by atoms with E-state index in [-0.39, 0.29) is 12.2 Å². The third kappa shape index (κ3) is 4.77. The van der Waals surface area contributed by atoms with Crippen molar-refractivity contribution in [3.05, 3.63) is 29.1 Å². The van der Waals surface area contributed by atoms with Gasteiger partial charge < -0.3 is 14.6 Å². The fraction of sp³-hybridized carbons (Fsp3) is 0.500. The summed E-state index contributed by atoms with van der Waals surface area (Å²) in [5.41, 5.74) is 1.43. The number of hydrogen-bond acceptors (Lipinski definition) is 6. The highest BCUT2D eigenvalue weighted by Crippen LogP contribution is 2.32. The number of H-pyrrole nitrogens is 1. The third-order valence-corrected chi connectivity index (χ3v) is 3.57. The first-order valence-electron chi connectivity index (χ1n) is 7.88. The largest absolute Gasteiger partial charge is 0.507 e. The van der Waals surface area contributed by atoms with Gasteiger partial charge in [0.05, 0.1) is 6.61 Å². The summed E-state index contributed by atoms with van der Waals surface area (Å²) in [6, 6.07) is 3.58. The normalized spacial score (nSPS) is 10.7. The Bertz CT molecular complexity index is 614. The number of unbranched alkanes of at least 4 members (excludes halogenated alkanes) is 1. The number of aromatic hydroxyl groups is 1. The minimum atomic E-state index is 0.184. The predicted octanol–water partition coefficient (Wildman–Crippen LogP) is 2.00. The summed E-state index contributed by atoms with van der Waals surface area (Å²) in [5.74, 6) is 1.58. The second kappa shape index (κ2) is 8.87. The van der Waals surface area contributed by atoms with Crippen LogP contribution < -0.4 is 4.74 Å². The van der Waals surface area contributed by atoms with E-state index in [2.05, 4.69) is 20.6 Å². The highest BCUT2D eigenvalue weighted by Gasteiger charge is 2.13. The molecule has 0 radical (unpaired) electrons. The number of rotatable bonds is 10. The van der Waals surface area contributed by atoms with Gasteiger partial charge in [-0.2, -0.15) is 5.21 Å². The molecule has 2 aromatic rings. The molecule has 23 heavy (non-hydrogen) atoms. The number of aromatic nitrogens is 4. The van der Waals surface area contributed by atoms with Gasteiger partial charge in [0.2, 0.25) is 0 Å². The molecule has 0 atom stereocenters. The average Bonchev–Trinajstić information content (AvgIpc) is 3.06. The molecule has 2 rings (SSSR count). The topological polar surface area (TPSA) is 101 Å². The van der Waals surface area contributed by atoms with Crippen molar-refractivity contribution in [2.45, 2.75) is 45.4 Å². The van der Waals surface area contributed by atoms with Crippen molar-refractivity contribution < 1.29 is 14.6 Å². The van der Waals surface area contributed by atoms with Crippen molar-refractivity contribution in [3.8, 4) is 11.5 Å². The number of phenolic OH excluding ortho intramolecular Hbond substituents is 1. The Morgan fingerprint density at radius 1 is 1.30 bits per heavy atom. The maximum absolute atomic E-state index is 10.7. The number of nitrogens with one attached hydrogen (secondary N) is 1. The molecule has 124 valence electrons. The summed E-state index contributed by atoms with van der Waals surface area (Å²) in [7, 11) is 0. The number of phenols is 1. The van der Waals surface area contributed by atoms with Gasteiger partial charge in [0.15, 0.2) is 5.82 Å². The number of nitrogens with zero attached hydrogens (tertiary/aromatic N) is 3. The van der Waals surface area contributed by atoms with Gasteiger partial charge in [-0.05, 0) is 25.3 Å². The molecule has 7 nitrogen and oxygen atoms in total. The summed E-state index contributed by atoms with van der Waals surface area (Å²) in [5, 5.41) is 24.0. The van der Waals surface area contributed by atoms with Crippen LogP contribution in [0.4, 0.5) is 0 Å². The molecule has 0 amide bonds. The molecule has 0 saturated heterocycles. The average molecular weight is 318 g/mol. The lowest BCUT2D eigenvalue weighted by Gasteiger charge is -2.14. The Balaban J connectivity index is 1.90. The number of aldehydes is 1. The zero-order chi connectivity index (χ0) is 16.5. The Hall–Kier alpha value is -2.44. The number of carbonyl (C=O) groups excluding carboxylic acids is 1. The number of aryl methyl sites for hydroxylation is 1. The molecule has 7 heteroatoms. The highest BCUT2D eigenvalue weighted by molar-refractivity contribution is 5.60. The zero-order valence-electron chi connectivity index (χ0n) is 13.3. The van der Waals surface area contributed by atoms with Gasteiger partial charge in [-0.15, -0.1) is 10.2 Å². The molecule has 1 aromatic heterocycles. The van der Waals surface area contributed by atoms with Crippen LogP contribution in [0.2, 0.25) is 0 Å². The van der Waals surface area contributed by atoms with Crippen molar-refractivity contribution in [1.29, 1.82) is 0 Å². The van der Waals surface area contributed by atoms with Crippen LogP contribution in [0.1, 0.15) is 43.1 Å². The minimum Gasteiger partial charge on any atom is -0.507 e. The van der Waals surface area contributed by atoms with Gasteiger partial charge in [0, 0.05) is 24.0 Å². The van der Waals surface area contributed by atoms with E-state index in [1.165, 1.54) is 0 Å². The van der Waals surface area contributed by atoms with Crippen LogP contribution in [-0.2, 0) is 24.1 Å². The quantitative estimate of drug-likeness (QED) is 0.513. The number of benzene rings is 1. The van der Waals surface area contributed by atoms with E-state index >= 15 is 0 Å². The summed E-state index contributed by atoms with van der Waals surface area (Å²) in [6.45, 7) is 2.60. The van der Waals surface area contributed by atoms with Gasteiger partial charge in [0.25, 0.3) is 0 Å². The van der Waals surface area contributed by atoms with Crippen molar-refractivity contribution >= 4 is 6.29 Å². The highest BCUT2D eigenvalue weighted by atomic mass is 16.5. The maximum Gasteiger partial charge on any atom is 0.174 e. The van der Waals surface area contributed by atoms with E-state index in [0.29, 0.717) is 23.7 Å². The first-order chi connectivity index (χ1) is 11.3. The second-order valence-electron chi connectivity index (χ2n) is 5.30. The molecule has 0 aliphatic rings. The van der Waals surface area contributed by atoms with Crippen LogP contribution in [0.15, 0.2) is 12.1 Å². The molecule has 0 saturated carbocycles. The van der Waals surface area contributed by atoms with E-state index in [1.54, 1.807) is 6.07 Å². The van der Waals surface area contributed by atoms with Gasteiger partial charge >= 0.3 is 0 Å². The number of tetrazole rings is 1. The summed E-state index contributed by atoms with van der Waals surface area (Å²) >= 11 is 0. The Morgan fingerprint density at radius 3 is 2.87 bits per heavy atom. The fourth-order valence-electron chi connectivity index (χ4n) is 2.40. The third-order valence-electron chi connectivity index (χ3n) is 3.57. The lowest BCUT2D eigenvalue weighted by atomic mass is 10.0. The number of carbonyl (C=O) groups is 1. The van der Waals surface area contributed by atoms with Crippen molar-refractivity contribution in [3.63, 3.8) is 0 Å². The first-order valence-corrected chi connectivity index (χ1v) is 7.88. The Labute approximate surface area is 135 Å². The molecule has 2 N–H and O–H groups in total. The molecule has 1 heterocycles. The standard InChI is InChI=1S/C16H22N4O3/c1-2-5-13-14(8-7-12(9-10-21)16(13)22)23-11-4-3-6-15-17-19-20-18-15/h7-8,10,22H,2-6,9,11H2,1H3,(H,17,18,19,20). The van der Waals surface area contributed by atoms with Crippen molar-refractivity contribution in [2.24, 2.45) is 0 Å². The van der Waals surface area contributed by atoms with Gasteiger partial charge in [-0.1, -0.05) is 24.6 Å². The summed E-state index contributed by atoms with van der Waals surface area (Å²) in [6.07, 6.45) is 5.14. The van der Waals surface area contributed by atoms with Gasteiger partial charge in [-0.25, -0.2) is 0 Å². The number of hydrogen-bond donors (Lipinski definition) is 2. The number of aromatic amines is 1. The van der Waals surface area contributed by atoms with Gasteiger partial charge in [0.1, 0.15) is 17.8 Å². The first kappa shape index (κ1) is 16.9. The molecule has 1 aromatic carbocycles. The summed E-state index contributed by atoms with van der Waals surface area (Å²) in [4.78, 5) is 10.7. The van der Waals surface area contributed by atoms with Crippen LogP contribution in [0.3, 0.4) is 0 Å². The van der Waals surface area contributed by atoms with Gasteiger partial charge in [-0.3, -0.25) is 0 Å². The monoisotopic (exact) mass is 318 g/mol. The molecular weight excluding hydrogens is 296 g/mol. The molecule has 0 spiro atoms. The molecule has 0 fully saturated rings. The molecule has 0 unspecified atom stereocenters. The SMILES string of the molecule is CCCc1c(OCCCCc2nn[nH]n2)ccc(CC=O)c1O. The van der Waals surface area contributed by atoms with Crippen LogP contribution in [0.25, 0.3) is 0 Å². The van der Waals surface area contributed by atoms with Crippen LogP contribution in [0.5, 0.6) is 11.5 Å². The molecule has 0 bridgehead atoms. The zero-order valence-corrected chi connectivity index (χ0v) is 13.3. The lowest BCUT2D eigenvalue weighted by molar-refractivity contribution is -0.107. The maximum atomic E-state index is 10.7. The molecular formula is C16H22N4O3.